The Morgan fingerprint density at radius 1 is 1.25 bits per heavy atom. The summed E-state index contributed by atoms with van der Waals surface area (Å²) in [6, 6.07) is 3.43. The molecule has 0 aliphatic heterocycles. The van der Waals surface area contributed by atoms with Gasteiger partial charge in [-0.25, -0.2) is 18.1 Å². The van der Waals surface area contributed by atoms with Crippen molar-refractivity contribution in [2.45, 2.75) is 25.8 Å². The lowest BCUT2D eigenvalue weighted by molar-refractivity contribution is 0.309. The van der Waals surface area contributed by atoms with Gasteiger partial charge in [-0.1, -0.05) is 13.8 Å². The molecule has 0 aliphatic rings. The molecule has 0 aliphatic carbocycles. The second kappa shape index (κ2) is 8.18. The van der Waals surface area contributed by atoms with Crippen molar-refractivity contribution in [1.29, 1.82) is 0 Å². The minimum absolute atomic E-state index is 0.0568. The monoisotopic (exact) mass is 300 g/mol. The van der Waals surface area contributed by atoms with Gasteiger partial charge in [0, 0.05) is 25.8 Å². The number of likely N-dealkylation sites (N-methyl/N-ethyl adjacent to an activating group) is 1. The molecule has 0 atom stereocenters. The lowest BCUT2D eigenvalue weighted by atomic mass is 10.4. The van der Waals surface area contributed by atoms with E-state index in [-0.39, 0.29) is 5.03 Å². The van der Waals surface area contributed by atoms with E-state index in [9.17, 15) is 8.42 Å². The summed E-state index contributed by atoms with van der Waals surface area (Å²) in [5.74, 6) is 0. The number of anilines is 1. The zero-order chi connectivity index (χ0) is 15.0. The summed E-state index contributed by atoms with van der Waals surface area (Å²) in [5, 5.41) is 3.07. The predicted molar refractivity (Wildman–Crippen MR) is 81.4 cm³/mol. The normalized spacial score (nSPS) is 11.8. The summed E-state index contributed by atoms with van der Waals surface area (Å²) in [4.78, 5) is 6.14. The third-order valence-electron chi connectivity index (χ3n) is 3.01. The zero-order valence-corrected chi connectivity index (χ0v) is 13.2. The third-order valence-corrected chi connectivity index (χ3v) is 4.43. The van der Waals surface area contributed by atoms with Crippen LogP contribution >= 0.6 is 0 Å². The molecule has 114 valence electrons. The SMILES string of the molecule is CCNc1cccnc1S(=O)(=O)NCCN(CC)CC. The van der Waals surface area contributed by atoms with Gasteiger partial charge < -0.3 is 10.2 Å². The van der Waals surface area contributed by atoms with Crippen LogP contribution in [0.2, 0.25) is 0 Å². The van der Waals surface area contributed by atoms with Crippen LogP contribution in [-0.4, -0.2) is 51.0 Å². The van der Waals surface area contributed by atoms with E-state index in [0.717, 1.165) is 13.1 Å². The summed E-state index contributed by atoms with van der Waals surface area (Å²) in [7, 11) is -3.58. The fourth-order valence-corrected chi connectivity index (χ4v) is 3.00. The van der Waals surface area contributed by atoms with Crippen molar-refractivity contribution in [3.05, 3.63) is 18.3 Å². The van der Waals surface area contributed by atoms with Crippen LogP contribution < -0.4 is 10.0 Å². The Balaban J connectivity index is 2.74. The van der Waals surface area contributed by atoms with Crippen molar-refractivity contribution in [1.82, 2.24) is 14.6 Å². The van der Waals surface area contributed by atoms with Crippen LogP contribution in [0.25, 0.3) is 0 Å². The lowest BCUT2D eigenvalue weighted by Crippen LogP contribution is -2.35. The molecule has 0 bridgehead atoms. The smallest absolute Gasteiger partial charge is 0.260 e. The summed E-state index contributed by atoms with van der Waals surface area (Å²) in [5.41, 5.74) is 0.533. The van der Waals surface area contributed by atoms with Crippen molar-refractivity contribution in [3.8, 4) is 0 Å². The Labute approximate surface area is 121 Å². The van der Waals surface area contributed by atoms with Gasteiger partial charge in [0.1, 0.15) is 0 Å². The molecule has 1 aromatic heterocycles. The molecule has 0 amide bonds. The van der Waals surface area contributed by atoms with Gasteiger partial charge >= 0.3 is 0 Å². The second-order valence-corrected chi connectivity index (χ2v) is 5.99. The highest BCUT2D eigenvalue weighted by Crippen LogP contribution is 2.17. The first-order valence-corrected chi connectivity index (χ1v) is 8.44. The Morgan fingerprint density at radius 2 is 1.95 bits per heavy atom. The number of aromatic nitrogens is 1. The summed E-state index contributed by atoms with van der Waals surface area (Å²) < 4.78 is 27.1. The first-order valence-electron chi connectivity index (χ1n) is 6.96. The first kappa shape index (κ1) is 16.9. The minimum atomic E-state index is -3.58. The van der Waals surface area contributed by atoms with Crippen LogP contribution in [0.3, 0.4) is 0 Å². The fraction of sp³-hybridized carbons (Fsp3) is 0.615. The second-order valence-electron chi connectivity index (χ2n) is 4.31. The predicted octanol–water partition coefficient (Wildman–Crippen LogP) is 1.13. The standard InChI is InChI=1S/C13H24N4O2S/c1-4-14-12-8-7-9-15-13(12)20(18,19)16-10-11-17(5-2)6-3/h7-9,14,16H,4-6,10-11H2,1-3H3. The highest BCUT2D eigenvalue weighted by Gasteiger charge is 2.19. The molecule has 0 aromatic carbocycles. The summed E-state index contributed by atoms with van der Waals surface area (Å²) in [6.07, 6.45) is 1.49. The average Bonchev–Trinajstić information content (AvgIpc) is 2.44. The number of rotatable bonds is 9. The Morgan fingerprint density at radius 3 is 2.55 bits per heavy atom. The molecule has 1 rings (SSSR count). The van der Waals surface area contributed by atoms with Gasteiger partial charge in [0.25, 0.3) is 10.0 Å². The number of nitrogens with one attached hydrogen (secondary N) is 2. The van der Waals surface area contributed by atoms with E-state index in [0.29, 0.717) is 25.3 Å². The van der Waals surface area contributed by atoms with Gasteiger partial charge in [-0.15, -0.1) is 0 Å². The quantitative estimate of drug-likeness (QED) is 0.715. The van der Waals surface area contributed by atoms with Crippen molar-refractivity contribution in [2.75, 3.05) is 38.0 Å². The van der Waals surface area contributed by atoms with E-state index in [1.54, 1.807) is 12.1 Å². The highest BCUT2D eigenvalue weighted by molar-refractivity contribution is 7.89. The number of hydrogen-bond donors (Lipinski definition) is 2. The molecule has 0 radical (unpaired) electrons. The maximum Gasteiger partial charge on any atom is 0.260 e. The van der Waals surface area contributed by atoms with Crippen LogP contribution in [0.4, 0.5) is 5.69 Å². The van der Waals surface area contributed by atoms with Crippen molar-refractivity contribution < 1.29 is 8.42 Å². The molecule has 0 spiro atoms. The Kier molecular flexibility index (Phi) is 6.90. The summed E-state index contributed by atoms with van der Waals surface area (Å²) in [6.45, 7) is 9.56. The van der Waals surface area contributed by atoms with Gasteiger partial charge in [-0.2, -0.15) is 0 Å². The molecule has 0 saturated carbocycles. The van der Waals surface area contributed by atoms with Gasteiger partial charge in [0.15, 0.2) is 5.03 Å². The van der Waals surface area contributed by atoms with Crippen LogP contribution in [-0.2, 0) is 10.0 Å². The van der Waals surface area contributed by atoms with E-state index in [1.807, 2.05) is 6.92 Å². The largest absolute Gasteiger partial charge is 0.383 e. The van der Waals surface area contributed by atoms with Crippen molar-refractivity contribution >= 4 is 15.7 Å². The van der Waals surface area contributed by atoms with Gasteiger partial charge in [-0.3, -0.25) is 0 Å². The average molecular weight is 300 g/mol. The molecule has 0 fully saturated rings. The molecule has 6 nitrogen and oxygen atoms in total. The molecule has 0 unspecified atom stereocenters. The molecule has 7 heteroatoms. The van der Waals surface area contributed by atoms with E-state index < -0.39 is 10.0 Å². The highest BCUT2D eigenvalue weighted by atomic mass is 32.2. The summed E-state index contributed by atoms with van der Waals surface area (Å²) >= 11 is 0. The van der Waals surface area contributed by atoms with Crippen molar-refractivity contribution in [2.24, 2.45) is 0 Å². The van der Waals surface area contributed by atoms with E-state index in [2.05, 4.69) is 33.8 Å². The fourth-order valence-electron chi connectivity index (χ4n) is 1.88. The molecule has 1 heterocycles. The number of pyridine rings is 1. The van der Waals surface area contributed by atoms with Gasteiger partial charge in [0.2, 0.25) is 0 Å². The van der Waals surface area contributed by atoms with E-state index in [1.165, 1.54) is 6.20 Å². The number of hydrogen-bond acceptors (Lipinski definition) is 5. The molecular formula is C13H24N4O2S. The molecule has 20 heavy (non-hydrogen) atoms. The van der Waals surface area contributed by atoms with Crippen molar-refractivity contribution in [3.63, 3.8) is 0 Å². The Bertz CT molecular complexity index is 501. The van der Waals surface area contributed by atoms with Crippen LogP contribution in [0.5, 0.6) is 0 Å². The lowest BCUT2D eigenvalue weighted by Gasteiger charge is -2.18. The van der Waals surface area contributed by atoms with Gasteiger partial charge in [-0.05, 0) is 32.1 Å². The minimum Gasteiger partial charge on any atom is -0.383 e. The number of sulfonamides is 1. The third kappa shape index (κ3) is 4.73. The van der Waals surface area contributed by atoms with Gasteiger partial charge in [0.05, 0.1) is 5.69 Å². The van der Waals surface area contributed by atoms with Crippen LogP contribution in [0, 0.1) is 0 Å². The zero-order valence-electron chi connectivity index (χ0n) is 12.4. The van der Waals surface area contributed by atoms with E-state index in [4.69, 9.17) is 0 Å². The molecular weight excluding hydrogens is 276 g/mol. The molecule has 2 N–H and O–H groups in total. The maximum atomic E-state index is 12.3. The van der Waals surface area contributed by atoms with Crippen LogP contribution in [0.1, 0.15) is 20.8 Å². The maximum absolute atomic E-state index is 12.3. The molecule has 0 saturated heterocycles. The first-order chi connectivity index (χ1) is 9.55. The number of nitrogens with zero attached hydrogens (tertiary/aromatic N) is 2. The molecule has 1 aromatic rings. The topological polar surface area (TPSA) is 74.3 Å². The van der Waals surface area contributed by atoms with E-state index >= 15 is 0 Å². The van der Waals surface area contributed by atoms with Crippen LogP contribution in [0.15, 0.2) is 23.4 Å². The Hall–Kier alpha value is -1.18.